The molecule has 5 heteroatoms. The Labute approximate surface area is 139 Å². The van der Waals surface area contributed by atoms with E-state index in [1.54, 1.807) is 28.8 Å². The normalized spacial score (nSPS) is 10.5. The molecule has 4 nitrogen and oxygen atoms in total. The van der Waals surface area contributed by atoms with Gasteiger partial charge in [-0.25, -0.2) is 0 Å². The number of rotatable bonds is 5. The van der Waals surface area contributed by atoms with E-state index >= 15 is 0 Å². The van der Waals surface area contributed by atoms with Crippen LogP contribution in [-0.2, 0) is 6.54 Å². The molecule has 1 aromatic heterocycles. The largest absolute Gasteiger partial charge is 0.321 e. The molecule has 1 heterocycles. The summed E-state index contributed by atoms with van der Waals surface area (Å²) in [5, 5.41) is 7.21. The second-order valence-corrected chi connectivity index (χ2v) is 5.91. The van der Waals surface area contributed by atoms with Crippen LogP contribution in [-0.4, -0.2) is 21.9 Å². The number of hydrogen-bond donors (Lipinski definition) is 1. The number of anilines is 1. The number of thioether (sulfide) groups is 1. The van der Waals surface area contributed by atoms with Crippen LogP contribution in [0.1, 0.15) is 15.9 Å². The summed E-state index contributed by atoms with van der Waals surface area (Å²) in [6.45, 7) is 0.648. The Morgan fingerprint density at radius 1 is 1.13 bits per heavy atom. The van der Waals surface area contributed by atoms with Crippen LogP contribution < -0.4 is 5.32 Å². The van der Waals surface area contributed by atoms with Gasteiger partial charge in [0.2, 0.25) is 0 Å². The van der Waals surface area contributed by atoms with Gasteiger partial charge in [0.1, 0.15) is 0 Å². The summed E-state index contributed by atoms with van der Waals surface area (Å²) < 4.78 is 1.77. The molecule has 0 aliphatic heterocycles. The maximum absolute atomic E-state index is 12.4. The fourth-order valence-electron chi connectivity index (χ4n) is 2.28. The van der Waals surface area contributed by atoms with Crippen molar-refractivity contribution < 1.29 is 4.79 Å². The molecular formula is C18H17N3OS. The van der Waals surface area contributed by atoms with Crippen LogP contribution in [0, 0.1) is 0 Å². The van der Waals surface area contributed by atoms with E-state index in [1.807, 2.05) is 60.9 Å². The summed E-state index contributed by atoms with van der Waals surface area (Å²) in [4.78, 5) is 13.4. The number of nitrogens with one attached hydrogen (secondary N) is 1. The van der Waals surface area contributed by atoms with Crippen LogP contribution >= 0.6 is 11.8 Å². The molecule has 0 aliphatic carbocycles. The summed E-state index contributed by atoms with van der Waals surface area (Å²) in [5.41, 5.74) is 2.52. The Morgan fingerprint density at radius 2 is 1.87 bits per heavy atom. The maximum atomic E-state index is 12.4. The summed E-state index contributed by atoms with van der Waals surface area (Å²) in [6, 6.07) is 17.8. The molecule has 0 saturated carbocycles. The van der Waals surface area contributed by atoms with E-state index in [1.165, 1.54) is 0 Å². The van der Waals surface area contributed by atoms with Gasteiger partial charge in [0.15, 0.2) is 0 Å². The minimum Gasteiger partial charge on any atom is -0.321 e. The van der Waals surface area contributed by atoms with Crippen LogP contribution in [0.4, 0.5) is 5.69 Å². The van der Waals surface area contributed by atoms with E-state index < -0.39 is 0 Å². The maximum Gasteiger partial charge on any atom is 0.258 e. The van der Waals surface area contributed by atoms with Gasteiger partial charge in [0, 0.05) is 11.1 Å². The van der Waals surface area contributed by atoms with Gasteiger partial charge in [-0.1, -0.05) is 42.5 Å². The highest BCUT2D eigenvalue weighted by atomic mass is 32.2. The standard InChI is InChI=1S/C18H17N3OS/c1-23-17-10-6-5-9-16(17)20-18(22)15-11-19-21(13-15)12-14-7-3-2-4-8-14/h2-11,13H,12H2,1H3,(H,20,22). The van der Waals surface area contributed by atoms with Crippen molar-refractivity contribution in [1.82, 2.24) is 9.78 Å². The molecule has 116 valence electrons. The molecule has 2 aromatic carbocycles. The van der Waals surface area contributed by atoms with Gasteiger partial charge < -0.3 is 5.32 Å². The molecule has 0 unspecified atom stereocenters. The molecule has 0 bridgehead atoms. The topological polar surface area (TPSA) is 46.9 Å². The van der Waals surface area contributed by atoms with E-state index in [-0.39, 0.29) is 5.91 Å². The highest BCUT2D eigenvalue weighted by Gasteiger charge is 2.11. The van der Waals surface area contributed by atoms with Crippen molar-refractivity contribution in [3.63, 3.8) is 0 Å². The van der Waals surface area contributed by atoms with E-state index in [0.717, 1.165) is 16.1 Å². The zero-order valence-electron chi connectivity index (χ0n) is 12.8. The fraction of sp³-hybridized carbons (Fsp3) is 0.111. The van der Waals surface area contributed by atoms with Crippen LogP contribution in [0.2, 0.25) is 0 Å². The van der Waals surface area contributed by atoms with Gasteiger partial charge in [-0.15, -0.1) is 11.8 Å². The Kier molecular flexibility index (Phi) is 4.78. The number of benzene rings is 2. The number of carbonyl (C=O) groups excluding carboxylic acids is 1. The average molecular weight is 323 g/mol. The molecule has 3 aromatic rings. The molecule has 0 atom stereocenters. The van der Waals surface area contributed by atoms with Crippen molar-refractivity contribution in [3.05, 3.63) is 78.1 Å². The summed E-state index contributed by atoms with van der Waals surface area (Å²) in [6.07, 6.45) is 5.35. The first-order valence-electron chi connectivity index (χ1n) is 7.27. The first-order valence-corrected chi connectivity index (χ1v) is 8.49. The van der Waals surface area contributed by atoms with Crippen LogP contribution in [0.25, 0.3) is 0 Å². The van der Waals surface area contributed by atoms with Crippen LogP contribution in [0.5, 0.6) is 0 Å². The molecule has 3 rings (SSSR count). The van der Waals surface area contributed by atoms with Crippen molar-refractivity contribution in [3.8, 4) is 0 Å². The minimum atomic E-state index is -0.147. The van der Waals surface area contributed by atoms with Crippen molar-refractivity contribution >= 4 is 23.4 Å². The second kappa shape index (κ2) is 7.15. The molecular weight excluding hydrogens is 306 g/mol. The van der Waals surface area contributed by atoms with Gasteiger partial charge in [-0.3, -0.25) is 9.48 Å². The Hall–Kier alpha value is -2.53. The summed E-state index contributed by atoms with van der Waals surface area (Å²) in [5.74, 6) is -0.147. The molecule has 0 radical (unpaired) electrons. The third-order valence-electron chi connectivity index (χ3n) is 3.44. The van der Waals surface area contributed by atoms with E-state index in [0.29, 0.717) is 12.1 Å². The zero-order valence-corrected chi connectivity index (χ0v) is 13.6. The highest BCUT2D eigenvalue weighted by Crippen LogP contribution is 2.25. The van der Waals surface area contributed by atoms with Crippen molar-refractivity contribution in [2.45, 2.75) is 11.4 Å². The predicted octanol–water partition coefficient (Wildman–Crippen LogP) is 3.91. The average Bonchev–Trinajstić information content (AvgIpc) is 3.05. The van der Waals surface area contributed by atoms with E-state index in [9.17, 15) is 4.79 Å². The Morgan fingerprint density at radius 3 is 2.65 bits per heavy atom. The smallest absolute Gasteiger partial charge is 0.258 e. The number of amides is 1. The van der Waals surface area contributed by atoms with Gasteiger partial charge in [-0.05, 0) is 24.0 Å². The zero-order chi connectivity index (χ0) is 16.1. The summed E-state index contributed by atoms with van der Waals surface area (Å²) in [7, 11) is 0. The third-order valence-corrected chi connectivity index (χ3v) is 4.23. The predicted molar refractivity (Wildman–Crippen MR) is 93.9 cm³/mol. The van der Waals surface area contributed by atoms with E-state index in [2.05, 4.69) is 10.4 Å². The quantitative estimate of drug-likeness (QED) is 0.724. The van der Waals surface area contributed by atoms with Gasteiger partial charge >= 0.3 is 0 Å². The number of aromatic nitrogens is 2. The monoisotopic (exact) mass is 323 g/mol. The van der Waals surface area contributed by atoms with Gasteiger partial charge in [0.25, 0.3) is 5.91 Å². The fourth-order valence-corrected chi connectivity index (χ4v) is 2.83. The minimum absolute atomic E-state index is 0.147. The first kappa shape index (κ1) is 15.4. The molecule has 0 saturated heterocycles. The molecule has 0 aliphatic rings. The summed E-state index contributed by atoms with van der Waals surface area (Å²) >= 11 is 1.60. The Balaban J connectivity index is 1.71. The molecule has 1 N–H and O–H groups in total. The van der Waals surface area contributed by atoms with Crippen LogP contribution in [0.3, 0.4) is 0 Å². The number of para-hydroxylation sites is 1. The van der Waals surface area contributed by atoms with Gasteiger partial charge in [0.05, 0.1) is 24.0 Å². The lowest BCUT2D eigenvalue weighted by atomic mass is 10.2. The second-order valence-electron chi connectivity index (χ2n) is 5.07. The lowest BCUT2D eigenvalue weighted by Crippen LogP contribution is -2.11. The van der Waals surface area contributed by atoms with Crippen molar-refractivity contribution in [1.29, 1.82) is 0 Å². The number of carbonyl (C=O) groups is 1. The van der Waals surface area contributed by atoms with Gasteiger partial charge in [-0.2, -0.15) is 5.10 Å². The third kappa shape index (κ3) is 3.81. The van der Waals surface area contributed by atoms with Crippen LogP contribution in [0.15, 0.2) is 71.9 Å². The van der Waals surface area contributed by atoms with Crippen molar-refractivity contribution in [2.24, 2.45) is 0 Å². The Bertz CT molecular complexity index is 799. The molecule has 23 heavy (non-hydrogen) atoms. The highest BCUT2D eigenvalue weighted by molar-refractivity contribution is 7.98. The first-order chi connectivity index (χ1) is 11.3. The molecule has 0 fully saturated rings. The molecule has 0 spiro atoms. The lowest BCUT2D eigenvalue weighted by molar-refractivity contribution is 0.102. The number of nitrogens with zero attached hydrogens (tertiary/aromatic N) is 2. The molecule has 1 amide bonds. The SMILES string of the molecule is CSc1ccccc1NC(=O)c1cnn(Cc2ccccc2)c1. The number of hydrogen-bond acceptors (Lipinski definition) is 3. The lowest BCUT2D eigenvalue weighted by Gasteiger charge is -2.07. The van der Waals surface area contributed by atoms with E-state index in [4.69, 9.17) is 0 Å². The van der Waals surface area contributed by atoms with Crippen molar-refractivity contribution in [2.75, 3.05) is 11.6 Å².